The van der Waals surface area contributed by atoms with Crippen molar-refractivity contribution in [3.63, 3.8) is 0 Å². The number of carbonyl (C=O) groups excluding carboxylic acids is 6. The number of fused-ring (bicyclic) bond motifs is 2. The van der Waals surface area contributed by atoms with Gasteiger partial charge in [0, 0.05) is 49.1 Å². The van der Waals surface area contributed by atoms with Gasteiger partial charge in [0.05, 0.1) is 15.7 Å². The first kappa shape index (κ1) is 50.2. The van der Waals surface area contributed by atoms with Crippen molar-refractivity contribution in [1.29, 1.82) is 0 Å². The highest BCUT2D eigenvalue weighted by molar-refractivity contribution is 7.54. The van der Waals surface area contributed by atoms with Crippen molar-refractivity contribution >= 4 is 70.3 Å². The zero-order valence-corrected chi connectivity index (χ0v) is 40.0. The van der Waals surface area contributed by atoms with Gasteiger partial charge in [-0.15, -0.1) is 11.3 Å². The summed E-state index contributed by atoms with van der Waals surface area (Å²) in [6, 6.07) is 9.76. The van der Waals surface area contributed by atoms with Gasteiger partial charge >= 0.3 is 25.2 Å². The van der Waals surface area contributed by atoms with Gasteiger partial charge in [0.1, 0.15) is 12.1 Å². The lowest BCUT2D eigenvalue weighted by Gasteiger charge is -2.39. The Morgan fingerprint density at radius 2 is 1.39 bits per heavy atom. The Hall–Kier alpha value is -4.77. The molecule has 5 rings (SSSR count). The summed E-state index contributed by atoms with van der Waals surface area (Å²) in [5.74, 6) is -3.52. The Balaban J connectivity index is 1.39. The monoisotopic (exact) mass is 932 g/mol. The van der Waals surface area contributed by atoms with Crippen LogP contribution in [-0.4, -0.2) is 97.2 Å². The normalized spacial score (nSPS) is 18.8. The number of carbonyl (C=O) groups is 6. The molecule has 2 aromatic carbocycles. The molecule has 2 saturated heterocycles. The summed E-state index contributed by atoms with van der Waals surface area (Å²) in [7, 11) is -3.97. The largest absolute Gasteiger partial charge is 0.438 e. The second-order valence-electron chi connectivity index (χ2n) is 19.2. The van der Waals surface area contributed by atoms with E-state index in [1.54, 1.807) is 11.9 Å². The maximum absolute atomic E-state index is 16.4. The highest BCUT2D eigenvalue weighted by Gasteiger charge is 2.56. The molecule has 0 spiro atoms. The van der Waals surface area contributed by atoms with Gasteiger partial charge in [-0.1, -0.05) is 39.0 Å². The maximum atomic E-state index is 16.4. The molecule has 0 radical (unpaired) electrons. The van der Waals surface area contributed by atoms with Crippen LogP contribution in [0.5, 0.6) is 0 Å². The average molecular weight is 933 g/mol. The topological polar surface area (TPSA) is 178 Å². The van der Waals surface area contributed by atoms with Crippen LogP contribution in [0.2, 0.25) is 0 Å². The molecule has 0 saturated carbocycles. The predicted octanol–water partition coefficient (Wildman–Crippen LogP) is 7.94. The summed E-state index contributed by atoms with van der Waals surface area (Å²) in [5.41, 5.74) is -5.68. The molecule has 0 aliphatic carbocycles. The standard InChI is InChI=1S/C45H59F2N4O11PS/c1-27(52)50-21-20-32-17-18-34(39(55)49(11)31-15-12-29(13-16-31)42(2,3)4)51(32)38(54)33(24-50)48-37(53)36-23-28-22-30(14-19-35(28)64-36)45(46,47)63(58,61-25-59-40(56)43(5,6)7)62-26-60-41(57)44(8,9)10/h12-16,19,22-23,32-34H,17-18,20-21,24-26H2,1-11H3,(H,48,53)/t32-,33+,34+/m1/s1. The maximum Gasteiger partial charge on any atom is 0.410 e. The summed E-state index contributed by atoms with van der Waals surface area (Å²) >= 11 is 0.936. The molecule has 64 heavy (non-hydrogen) atoms. The summed E-state index contributed by atoms with van der Waals surface area (Å²) < 4.78 is 66.8. The Labute approximate surface area is 376 Å². The fourth-order valence-electron chi connectivity index (χ4n) is 7.21. The van der Waals surface area contributed by atoms with Gasteiger partial charge < -0.3 is 29.5 Å². The number of esters is 2. The minimum Gasteiger partial charge on any atom is -0.438 e. The number of ether oxygens (including phenoxy) is 2. The Bertz CT molecular complexity index is 2280. The number of hydrogen-bond acceptors (Lipinski definition) is 12. The van der Waals surface area contributed by atoms with Gasteiger partial charge in [-0.2, -0.15) is 8.78 Å². The van der Waals surface area contributed by atoms with E-state index in [-0.39, 0.29) is 46.6 Å². The van der Waals surface area contributed by atoms with Crippen LogP contribution in [0.4, 0.5) is 14.5 Å². The minimum atomic E-state index is -5.62. The van der Waals surface area contributed by atoms with E-state index in [0.717, 1.165) is 29.0 Å². The number of nitrogens with zero attached hydrogens (tertiary/aromatic N) is 3. The lowest BCUT2D eigenvalue weighted by Crippen LogP contribution is -2.61. The molecular weight excluding hydrogens is 874 g/mol. The Morgan fingerprint density at radius 3 is 1.92 bits per heavy atom. The van der Waals surface area contributed by atoms with Gasteiger partial charge in [0.15, 0.2) is 0 Å². The van der Waals surface area contributed by atoms with E-state index in [2.05, 4.69) is 26.1 Å². The first-order valence-electron chi connectivity index (χ1n) is 21.0. The van der Waals surface area contributed by atoms with Gasteiger partial charge in [-0.3, -0.25) is 42.4 Å². The molecule has 1 aromatic heterocycles. The van der Waals surface area contributed by atoms with Gasteiger partial charge in [-0.05, 0) is 108 Å². The lowest BCUT2D eigenvalue weighted by molar-refractivity contribution is -0.163. The molecule has 2 fully saturated rings. The Kier molecular flexibility index (Phi) is 14.9. The third-order valence-electron chi connectivity index (χ3n) is 11.2. The van der Waals surface area contributed by atoms with E-state index < -0.39 is 79.1 Å². The number of halogens is 2. The highest BCUT2D eigenvalue weighted by atomic mass is 32.1. The third-order valence-corrected chi connectivity index (χ3v) is 14.1. The number of amides is 4. The number of rotatable bonds is 12. The van der Waals surface area contributed by atoms with Crippen molar-refractivity contribution in [1.82, 2.24) is 15.1 Å². The molecule has 0 bridgehead atoms. The van der Waals surface area contributed by atoms with Crippen molar-refractivity contribution in [3.05, 3.63) is 64.5 Å². The summed E-state index contributed by atoms with van der Waals surface area (Å²) in [6.07, 6.45) is 1.34. The average Bonchev–Trinajstić information content (AvgIpc) is 3.83. The van der Waals surface area contributed by atoms with Crippen LogP contribution in [0.1, 0.15) is 109 Å². The van der Waals surface area contributed by atoms with E-state index in [0.29, 0.717) is 29.6 Å². The number of likely N-dealkylation sites (N-methyl/N-ethyl adjacent to an activating group) is 1. The molecule has 2 aliphatic heterocycles. The summed E-state index contributed by atoms with van der Waals surface area (Å²) in [5, 5.41) is 2.89. The zero-order chi connectivity index (χ0) is 47.7. The minimum absolute atomic E-state index is 0.0302. The van der Waals surface area contributed by atoms with Crippen LogP contribution in [0, 0.1) is 10.8 Å². The first-order valence-corrected chi connectivity index (χ1v) is 23.3. The zero-order valence-electron chi connectivity index (χ0n) is 38.2. The smallest absolute Gasteiger partial charge is 0.410 e. The van der Waals surface area contributed by atoms with Crippen molar-refractivity contribution in [2.75, 3.05) is 38.6 Å². The summed E-state index contributed by atoms with van der Waals surface area (Å²) in [6.45, 7) is 14.5. The third kappa shape index (κ3) is 11.2. The fraction of sp³-hybridized carbons (Fsp3) is 0.556. The number of nitrogens with one attached hydrogen (secondary N) is 1. The number of anilines is 1. The lowest BCUT2D eigenvalue weighted by atomic mass is 9.87. The van der Waals surface area contributed by atoms with Crippen molar-refractivity contribution in [2.45, 2.75) is 118 Å². The van der Waals surface area contributed by atoms with E-state index in [1.165, 1.54) is 70.4 Å². The molecular formula is C45H59F2N4O11PS. The van der Waals surface area contributed by atoms with E-state index in [1.807, 2.05) is 24.3 Å². The molecule has 4 amide bonds. The van der Waals surface area contributed by atoms with Gasteiger partial charge in [0.2, 0.25) is 31.3 Å². The first-order chi connectivity index (χ1) is 29.5. The molecule has 3 aromatic rings. The molecule has 2 aliphatic rings. The highest BCUT2D eigenvalue weighted by Crippen LogP contribution is 2.67. The second-order valence-corrected chi connectivity index (χ2v) is 22.4. The molecule has 1 N–H and O–H groups in total. The summed E-state index contributed by atoms with van der Waals surface area (Å²) in [4.78, 5) is 84.5. The van der Waals surface area contributed by atoms with Gasteiger partial charge in [0.25, 0.3) is 5.91 Å². The number of alkyl halides is 2. The van der Waals surface area contributed by atoms with Crippen LogP contribution < -0.4 is 10.2 Å². The molecule has 3 heterocycles. The van der Waals surface area contributed by atoms with Crippen molar-refractivity contribution in [2.24, 2.45) is 10.8 Å². The molecule has 19 heteroatoms. The molecule has 0 unspecified atom stereocenters. The van der Waals surface area contributed by atoms with Crippen LogP contribution >= 0.6 is 18.9 Å². The number of benzene rings is 2. The number of hydrogen-bond donors (Lipinski definition) is 1. The number of thiophene rings is 1. The van der Waals surface area contributed by atoms with Crippen LogP contribution in [0.3, 0.4) is 0 Å². The van der Waals surface area contributed by atoms with Crippen LogP contribution in [-0.2, 0) is 58.1 Å². The molecule has 350 valence electrons. The van der Waals surface area contributed by atoms with E-state index in [9.17, 15) is 33.3 Å². The fourth-order valence-corrected chi connectivity index (χ4v) is 9.39. The van der Waals surface area contributed by atoms with Crippen molar-refractivity contribution in [3.8, 4) is 0 Å². The molecule has 15 nitrogen and oxygen atoms in total. The Morgan fingerprint density at radius 1 is 0.828 bits per heavy atom. The second kappa shape index (κ2) is 19.0. The quantitative estimate of drug-likeness (QED) is 0.106. The van der Waals surface area contributed by atoms with E-state index in [4.69, 9.17) is 18.5 Å². The van der Waals surface area contributed by atoms with Crippen LogP contribution in [0.25, 0.3) is 10.1 Å². The van der Waals surface area contributed by atoms with Gasteiger partial charge in [-0.25, -0.2) is 0 Å². The van der Waals surface area contributed by atoms with E-state index >= 15 is 8.78 Å². The SMILES string of the molecule is CC(=O)N1CC[C@H]2CC[C@@H](C(=O)N(C)c3ccc(C(C)(C)C)cc3)N2C(=O)[C@@H](NC(=O)c2cc3cc(C(F)(F)P(=O)(OCOC(=O)C(C)(C)C)OCOC(=O)C(C)(C)C)ccc3s2)C1. The van der Waals surface area contributed by atoms with Crippen LogP contribution in [0.15, 0.2) is 48.5 Å². The predicted molar refractivity (Wildman–Crippen MR) is 237 cm³/mol. The van der Waals surface area contributed by atoms with Crippen molar-refractivity contribution < 1.29 is 60.6 Å². The molecule has 3 atom stereocenters.